The van der Waals surface area contributed by atoms with E-state index in [1.54, 1.807) is 18.2 Å². The summed E-state index contributed by atoms with van der Waals surface area (Å²) in [7, 11) is -4.20. The molecule has 0 spiro atoms. The molecule has 1 aromatic carbocycles. The van der Waals surface area contributed by atoms with E-state index < -0.39 is 32.0 Å². The third kappa shape index (κ3) is 4.05. The van der Waals surface area contributed by atoms with Gasteiger partial charge in [0.1, 0.15) is 0 Å². The van der Waals surface area contributed by atoms with E-state index in [1.165, 1.54) is 26.2 Å². The molecule has 7 nitrogen and oxygen atoms in total. The van der Waals surface area contributed by atoms with E-state index in [0.29, 0.717) is 0 Å². The zero-order valence-corrected chi connectivity index (χ0v) is 14.1. The number of nitrogens with one attached hydrogen (secondary N) is 1. The molecule has 124 valence electrons. The maximum Gasteiger partial charge on any atom is 0.240 e. The third-order valence-electron chi connectivity index (χ3n) is 3.54. The lowest BCUT2D eigenvalue weighted by Crippen LogP contribution is -2.43. The van der Waals surface area contributed by atoms with E-state index in [-0.39, 0.29) is 23.9 Å². The van der Waals surface area contributed by atoms with Crippen LogP contribution in [0.15, 0.2) is 35.2 Å². The van der Waals surface area contributed by atoms with E-state index in [0.717, 1.165) is 4.31 Å². The first kappa shape index (κ1) is 17.4. The number of benzene rings is 1. The first-order chi connectivity index (χ1) is 10.2. The molecule has 0 aromatic heterocycles. The van der Waals surface area contributed by atoms with Gasteiger partial charge in [-0.25, -0.2) is 25.9 Å². The zero-order chi connectivity index (χ0) is 16.4. The molecule has 9 heteroatoms. The van der Waals surface area contributed by atoms with E-state index >= 15 is 0 Å². The second-order valence-electron chi connectivity index (χ2n) is 5.40. The molecule has 1 aliphatic rings. The van der Waals surface area contributed by atoms with Gasteiger partial charge < -0.3 is 4.74 Å². The Labute approximate surface area is 131 Å². The van der Waals surface area contributed by atoms with Crippen molar-refractivity contribution in [3.8, 4) is 0 Å². The molecule has 1 N–H and O–H groups in total. The van der Waals surface area contributed by atoms with Gasteiger partial charge in [-0.3, -0.25) is 0 Å². The van der Waals surface area contributed by atoms with Crippen molar-refractivity contribution in [1.82, 2.24) is 9.03 Å². The molecule has 0 aliphatic carbocycles. The summed E-state index contributed by atoms with van der Waals surface area (Å²) in [5.74, 6) is -0.562. The van der Waals surface area contributed by atoms with Gasteiger partial charge in [-0.05, 0) is 12.1 Å². The average Bonchev–Trinajstić information content (AvgIpc) is 2.85. The minimum absolute atomic E-state index is 0.149. The highest BCUT2D eigenvalue weighted by Crippen LogP contribution is 2.19. The molecule has 0 saturated carbocycles. The predicted octanol–water partition coefficient (Wildman–Crippen LogP) is -0.129. The highest BCUT2D eigenvalue weighted by molar-refractivity contribution is 7.89. The smallest absolute Gasteiger partial charge is 0.240 e. The number of ether oxygens (including phenoxy) is 1. The largest absolute Gasteiger partial charge is 0.379 e. The van der Waals surface area contributed by atoms with E-state index in [9.17, 15) is 16.8 Å². The van der Waals surface area contributed by atoms with Crippen molar-refractivity contribution in [2.75, 3.05) is 33.1 Å². The van der Waals surface area contributed by atoms with Gasteiger partial charge in [-0.2, -0.15) is 0 Å². The predicted molar refractivity (Wildman–Crippen MR) is 82.3 cm³/mol. The fourth-order valence-electron chi connectivity index (χ4n) is 2.18. The van der Waals surface area contributed by atoms with Crippen molar-refractivity contribution in [2.24, 2.45) is 5.92 Å². The Bertz CT molecular complexity index is 701. The summed E-state index contributed by atoms with van der Waals surface area (Å²) in [6.07, 6.45) is 0. The summed E-state index contributed by atoms with van der Waals surface area (Å²) in [4.78, 5) is 0.149. The van der Waals surface area contributed by atoms with Crippen LogP contribution in [0.2, 0.25) is 0 Å². The molecule has 1 fully saturated rings. The number of hydrogen-bond acceptors (Lipinski definition) is 5. The van der Waals surface area contributed by atoms with Crippen LogP contribution in [0.4, 0.5) is 0 Å². The van der Waals surface area contributed by atoms with Crippen molar-refractivity contribution in [1.29, 1.82) is 0 Å². The molecule has 0 radical (unpaired) electrons. The molecule has 0 bridgehead atoms. The molecular weight excluding hydrogens is 328 g/mol. The summed E-state index contributed by atoms with van der Waals surface area (Å²) in [5, 5.41) is 0. The van der Waals surface area contributed by atoms with E-state index in [4.69, 9.17) is 4.74 Å². The quantitative estimate of drug-likeness (QED) is 0.773. The van der Waals surface area contributed by atoms with Crippen LogP contribution in [0, 0.1) is 5.92 Å². The summed E-state index contributed by atoms with van der Waals surface area (Å²) in [6, 6.07) is 7.42. The monoisotopic (exact) mass is 348 g/mol. The lowest BCUT2D eigenvalue weighted by Gasteiger charge is -2.21. The normalized spacial score (nSPS) is 23.0. The molecule has 2 atom stereocenters. The molecule has 1 aliphatic heterocycles. The Morgan fingerprint density at radius 1 is 1.14 bits per heavy atom. The zero-order valence-electron chi connectivity index (χ0n) is 12.5. The average molecular weight is 348 g/mol. The summed E-state index contributed by atoms with van der Waals surface area (Å²) in [6.45, 7) is 0.384. The summed E-state index contributed by atoms with van der Waals surface area (Å²) < 4.78 is 57.5. The first-order valence-electron chi connectivity index (χ1n) is 6.78. The Kier molecular flexibility index (Phi) is 5.23. The Morgan fingerprint density at radius 3 is 2.36 bits per heavy atom. The van der Waals surface area contributed by atoms with Crippen molar-refractivity contribution in [3.63, 3.8) is 0 Å². The lowest BCUT2D eigenvalue weighted by atomic mass is 10.1. The van der Waals surface area contributed by atoms with Crippen LogP contribution >= 0.6 is 0 Å². The third-order valence-corrected chi connectivity index (χ3v) is 7.01. The molecular formula is C13H20N2O5S2. The molecule has 1 saturated heterocycles. The van der Waals surface area contributed by atoms with Crippen LogP contribution < -0.4 is 4.72 Å². The van der Waals surface area contributed by atoms with Gasteiger partial charge in [0.15, 0.2) is 0 Å². The van der Waals surface area contributed by atoms with Crippen LogP contribution in [0.5, 0.6) is 0 Å². The fraction of sp³-hybridized carbons (Fsp3) is 0.538. The van der Waals surface area contributed by atoms with Crippen LogP contribution in [0.1, 0.15) is 0 Å². The van der Waals surface area contributed by atoms with Gasteiger partial charge >= 0.3 is 0 Å². The molecule has 1 heterocycles. The topological polar surface area (TPSA) is 92.8 Å². The van der Waals surface area contributed by atoms with Gasteiger partial charge in [-0.1, -0.05) is 18.2 Å². The van der Waals surface area contributed by atoms with Gasteiger partial charge in [0.25, 0.3) is 0 Å². The first-order valence-corrected chi connectivity index (χ1v) is 9.87. The highest BCUT2D eigenvalue weighted by atomic mass is 32.2. The van der Waals surface area contributed by atoms with Crippen LogP contribution in [-0.4, -0.2) is 60.2 Å². The summed E-state index contributed by atoms with van der Waals surface area (Å²) in [5.41, 5.74) is 0. The lowest BCUT2D eigenvalue weighted by molar-refractivity contribution is 0.185. The molecule has 22 heavy (non-hydrogen) atoms. The number of nitrogens with zero attached hydrogens (tertiary/aromatic N) is 1. The SMILES string of the molecule is CN(C)S(=O)(=O)C[C@@H]1COC[C@H]1NS(=O)(=O)c1ccccc1. The van der Waals surface area contributed by atoms with Crippen LogP contribution in [0.3, 0.4) is 0 Å². The minimum atomic E-state index is -3.69. The van der Waals surface area contributed by atoms with Gasteiger partial charge in [0, 0.05) is 20.0 Å². The van der Waals surface area contributed by atoms with Crippen LogP contribution in [-0.2, 0) is 24.8 Å². The van der Waals surface area contributed by atoms with Crippen molar-refractivity contribution >= 4 is 20.0 Å². The van der Waals surface area contributed by atoms with Gasteiger partial charge in [0.2, 0.25) is 20.0 Å². The molecule has 0 unspecified atom stereocenters. The maximum absolute atomic E-state index is 12.3. The van der Waals surface area contributed by atoms with Crippen molar-refractivity contribution < 1.29 is 21.6 Å². The Morgan fingerprint density at radius 2 is 1.77 bits per heavy atom. The van der Waals surface area contributed by atoms with Crippen molar-refractivity contribution in [3.05, 3.63) is 30.3 Å². The number of hydrogen-bond donors (Lipinski definition) is 1. The molecule has 0 amide bonds. The van der Waals surface area contributed by atoms with E-state index in [1.807, 2.05) is 0 Å². The second-order valence-corrected chi connectivity index (χ2v) is 9.34. The highest BCUT2D eigenvalue weighted by Gasteiger charge is 2.35. The van der Waals surface area contributed by atoms with Gasteiger partial charge in [0.05, 0.1) is 29.9 Å². The molecule has 2 rings (SSSR count). The maximum atomic E-state index is 12.3. The minimum Gasteiger partial charge on any atom is -0.379 e. The van der Waals surface area contributed by atoms with Crippen LogP contribution in [0.25, 0.3) is 0 Å². The number of sulfonamides is 2. The van der Waals surface area contributed by atoms with Crippen molar-refractivity contribution in [2.45, 2.75) is 10.9 Å². The Hall–Kier alpha value is -1.00. The van der Waals surface area contributed by atoms with Gasteiger partial charge in [-0.15, -0.1) is 0 Å². The van der Waals surface area contributed by atoms with E-state index in [2.05, 4.69) is 4.72 Å². The standard InChI is InChI=1S/C13H20N2O5S2/c1-15(2)21(16,17)10-11-8-20-9-13(11)14-22(18,19)12-6-4-3-5-7-12/h3-7,11,13-14H,8-10H2,1-2H3/t11-,13+/m0/s1. The Balaban J connectivity index is 2.12. The fourth-order valence-corrected chi connectivity index (χ4v) is 4.66. The number of rotatable bonds is 6. The summed E-state index contributed by atoms with van der Waals surface area (Å²) >= 11 is 0. The molecule has 1 aromatic rings. The second kappa shape index (κ2) is 6.63.